The minimum Gasteiger partial charge on any atom is -0.377 e. The number of benzene rings is 2. The van der Waals surface area contributed by atoms with Crippen LogP contribution in [0.4, 0.5) is 0 Å². The van der Waals surface area contributed by atoms with E-state index in [0.29, 0.717) is 6.61 Å². The molecule has 0 fully saturated rings. The average molecular weight is 281 g/mol. The number of unbranched alkanes of at least 4 members (excludes halogenated alkanes) is 1. The lowest BCUT2D eigenvalue weighted by Gasteiger charge is -2.05. The SMILES string of the molecule is CCCCOCc1ccc2c(c1)c1ccccc1n2CC. The molecule has 0 N–H and O–H groups in total. The fraction of sp³-hybridized carbons (Fsp3) is 0.368. The van der Waals surface area contributed by atoms with Gasteiger partial charge in [-0.15, -0.1) is 0 Å². The zero-order valence-electron chi connectivity index (χ0n) is 12.9. The monoisotopic (exact) mass is 281 g/mol. The molecule has 2 heteroatoms. The lowest BCUT2D eigenvalue weighted by molar-refractivity contribution is 0.118. The highest BCUT2D eigenvalue weighted by molar-refractivity contribution is 6.08. The van der Waals surface area contributed by atoms with Crippen molar-refractivity contribution < 1.29 is 4.74 Å². The predicted octanol–water partition coefficient (Wildman–Crippen LogP) is 5.13. The number of para-hydroxylation sites is 1. The number of nitrogens with zero attached hydrogens (tertiary/aromatic N) is 1. The third-order valence-corrected chi connectivity index (χ3v) is 4.06. The largest absolute Gasteiger partial charge is 0.377 e. The Morgan fingerprint density at radius 3 is 2.57 bits per heavy atom. The van der Waals surface area contributed by atoms with E-state index in [0.717, 1.165) is 19.6 Å². The molecule has 2 aromatic carbocycles. The Labute approximate surface area is 126 Å². The van der Waals surface area contributed by atoms with Crippen molar-refractivity contribution in [1.29, 1.82) is 0 Å². The van der Waals surface area contributed by atoms with Gasteiger partial charge in [0.05, 0.1) is 6.61 Å². The fourth-order valence-corrected chi connectivity index (χ4v) is 2.97. The summed E-state index contributed by atoms with van der Waals surface area (Å²) < 4.78 is 8.13. The van der Waals surface area contributed by atoms with Gasteiger partial charge in [-0.1, -0.05) is 37.6 Å². The van der Waals surface area contributed by atoms with Crippen LogP contribution in [0.5, 0.6) is 0 Å². The van der Waals surface area contributed by atoms with Gasteiger partial charge in [-0.25, -0.2) is 0 Å². The first-order valence-electron chi connectivity index (χ1n) is 7.92. The highest BCUT2D eigenvalue weighted by atomic mass is 16.5. The lowest BCUT2D eigenvalue weighted by atomic mass is 10.1. The highest BCUT2D eigenvalue weighted by Crippen LogP contribution is 2.29. The van der Waals surface area contributed by atoms with Crippen LogP contribution in [0.2, 0.25) is 0 Å². The number of hydrogen-bond acceptors (Lipinski definition) is 1. The molecule has 0 radical (unpaired) electrons. The summed E-state index contributed by atoms with van der Waals surface area (Å²) in [5, 5.41) is 2.67. The summed E-state index contributed by atoms with van der Waals surface area (Å²) in [6, 6.07) is 15.4. The van der Waals surface area contributed by atoms with Gasteiger partial charge >= 0.3 is 0 Å². The van der Waals surface area contributed by atoms with Crippen LogP contribution in [0, 0.1) is 0 Å². The lowest BCUT2D eigenvalue weighted by Crippen LogP contribution is -1.96. The molecule has 0 aliphatic carbocycles. The van der Waals surface area contributed by atoms with Crippen LogP contribution in [0.25, 0.3) is 21.8 Å². The predicted molar refractivity (Wildman–Crippen MR) is 89.7 cm³/mol. The number of aromatic nitrogens is 1. The van der Waals surface area contributed by atoms with Gasteiger partial charge in [-0.05, 0) is 37.1 Å². The topological polar surface area (TPSA) is 14.2 Å². The van der Waals surface area contributed by atoms with Gasteiger partial charge in [-0.3, -0.25) is 0 Å². The van der Waals surface area contributed by atoms with Crippen molar-refractivity contribution in [3.63, 3.8) is 0 Å². The van der Waals surface area contributed by atoms with Gasteiger partial charge in [0.2, 0.25) is 0 Å². The minimum absolute atomic E-state index is 0.710. The molecule has 0 unspecified atom stereocenters. The second-order valence-electron chi connectivity index (χ2n) is 5.52. The van der Waals surface area contributed by atoms with Gasteiger partial charge in [0.15, 0.2) is 0 Å². The van der Waals surface area contributed by atoms with Crippen molar-refractivity contribution in [1.82, 2.24) is 4.57 Å². The Kier molecular flexibility index (Phi) is 4.26. The van der Waals surface area contributed by atoms with Gasteiger partial charge in [0.25, 0.3) is 0 Å². The van der Waals surface area contributed by atoms with Gasteiger partial charge in [0, 0.05) is 35.0 Å². The Balaban J connectivity index is 1.99. The summed E-state index contributed by atoms with van der Waals surface area (Å²) in [5.74, 6) is 0. The van der Waals surface area contributed by atoms with Crippen LogP contribution in [0.3, 0.4) is 0 Å². The molecule has 0 aliphatic rings. The zero-order valence-corrected chi connectivity index (χ0v) is 12.9. The van der Waals surface area contributed by atoms with E-state index in [4.69, 9.17) is 4.74 Å². The maximum atomic E-state index is 5.75. The van der Waals surface area contributed by atoms with Crippen molar-refractivity contribution in [2.24, 2.45) is 0 Å². The summed E-state index contributed by atoms with van der Waals surface area (Å²) in [5.41, 5.74) is 3.90. The van der Waals surface area contributed by atoms with E-state index in [1.54, 1.807) is 0 Å². The number of hydrogen-bond donors (Lipinski definition) is 0. The second-order valence-corrected chi connectivity index (χ2v) is 5.52. The van der Waals surface area contributed by atoms with Gasteiger partial charge in [0.1, 0.15) is 0 Å². The van der Waals surface area contributed by atoms with Crippen LogP contribution < -0.4 is 0 Å². The van der Waals surface area contributed by atoms with E-state index in [1.807, 2.05) is 0 Å². The van der Waals surface area contributed by atoms with Crippen molar-refractivity contribution in [2.45, 2.75) is 39.8 Å². The second kappa shape index (κ2) is 6.31. The molecule has 3 aromatic rings. The van der Waals surface area contributed by atoms with Crippen LogP contribution in [-0.4, -0.2) is 11.2 Å². The normalized spacial score (nSPS) is 11.5. The summed E-state index contributed by atoms with van der Waals surface area (Å²) in [6.45, 7) is 6.95. The third kappa shape index (κ3) is 2.68. The molecule has 0 aliphatic heterocycles. The molecule has 1 heterocycles. The molecule has 3 rings (SSSR count). The quantitative estimate of drug-likeness (QED) is 0.571. The molecule has 0 amide bonds. The molecule has 1 aromatic heterocycles. The van der Waals surface area contributed by atoms with Crippen LogP contribution >= 0.6 is 0 Å². The molecule has 0 spiro atoms. The molecule has 0 saturated carbocycles. The van der Waals surface area contributed by atoms with Crippen LogP contribution in [-0.2, 0) is 17.9 Å². The summed E-state index contributed by atoms with van der Waals surface area (Å²) >= 11 is 0. The smallest absolute Gasteiger partial charge is 0.0717 e. The fourth-order valence-electron chi connectivity index (χ4n) is 2.97. The molecule has 0 saturated heterocycles. The minimum atomic E-state index is 0.710. The maximum absolute atomic E-state index is 5.75. The maximum Gasteiger partial charge on any atom is 0.0717 e. The highest BCUT2D eigenvalue weighted by Gasteiger charge is 2.09. The average Bonchev–Trinajstić information content (AvgIpc) is 2.85. The van der Waals surface area contributed by atoms with Gasteiger partial charge in [-0.2, -0.15) is 0 Å². The summed E-state index contributed by atoms with van der Waals surface area (Å²) in [7, 11) is 0. The van der Waals surface area contributed by atoms with E-state index >= 15 is 0 Å². The third-order valence-electron chi connectivity index (χ3n) is 4.06. The first-order valence-corrected chi connectivity index (χ1v) is 7.92. The number of ether oxygens (including phenoxy) is 1. The van der Waals surface area contributed by atoms with Crippen molar-refractivity contribution >= 4 is 21.8 Å². The molecule has 2 nitrogen and oxygen atoms in total. The molecule has 0 bridgehead atoms. The first-order chi connectivity index (χ1) is 10.3. The van der Waals surface area contributed by atoms with Crippen LogP contribution in [0.1, 0.15) is 32.3 Å². The molecular weight excluding hydrogens is 258 g/mol. The first kappa shape index (κ1) is 14.2. The molecular formula is C19H23NO. The Morgan fingerprint density at radius 2 is 1.76 bits per heavy atom. The number of aryl methyl sites for hydroxylation is 1. The number of rotatable bonds is 6. The zero-order chi connectivity index (χ0) is 14.7. The van der Waals surface area contributed by atoms with Crippen molar-refractivity contribution in [3.8, 4) is 0 Å². The Bertz CT molecular complexity index is 742. The van der Waals surface area contributed by atoms with Crippen molar-refractivity contribution in [2.75, 3.05) is 6.61 Å². The van der Waals surface area contributed by atoms with E-state index in [-0.39, 0.29) is 0 Å². The van der Waals surface area contributed by atoms with E-state index in [2.05, 4.69) is 60.9 Å². The van der Waals surface area contributed by atoms with E-state index < -0.39 is 0 Å². The van der Waals surface area contributed by atoms with E-state index in [1.165, 1.54) is 33.8 Å². The van der Waals surface area contributed by atoms with Gasteiger partial charge < -0.3 is 9.30 Å². The Morgan fingerprint density at radius 1 is 0.952 bits per heavy atom. The number of fused-ring (bicyclic) bond motifs is 3. The molecule has 110 valence electrons. The standard InChI is InChI=1S/C19H23NO/c1-3-5-12-21-14-15-10-11-19-17(13-15)16-8-6-7-9-18(16)20(19)4-2/h6-11,13H,3-5,12,14H2,1-2H3. The summed E-state index contributed by atoms with van der Waals surface area (Å²) in [4.78, 5) is 0. The van der Waals surface area contributed by atoms with Crippen LogP contribution in [0.15, 0.2) is 42.5 Å². The van der Waals surface area contributed by atoms with Crippen molar-refractivity contribution in [3.05, 3.63) is 48.0 Å². The van der Waals surface area contributed by atoms with E-state index in [9.17, 15) is 0 Å². The molecule has 21 heavy (non-hydrogen) atoms. The summed E-state index contributed by atoms with van der Waals surface area (Å²) in [6.07, 6.45) is 2.32. The molecule has 0 atom stereocenters. The Hall–Kier alpha value is -1.80.